The second-order valence-electron chi connectivity index (χ2n) is 5.96. The molecule has 0 aliphatic rings. The number of benzene rings is 2. The Hall–Kier alpha value is -2.66. The van der Waals surface area contributed by atoms with E-state index in [2.05, 4.69) is 10.6 Å². The maximum atomic E-state index is 12.0. The number of esters is 1. The van der Waals surface area contributed by atoms with Crippen molar-refractivity contribution in [3.05, 3.63) is 65.7 Å². The zero-order valence-corrected chi connectivity index (χ0v) is 14.8. The average molecular weight is 340 g/mol. The van der Waals surface area contributed by atoms with Gasteiger partial charge < -0.3 is 15.4 Å². The smallest absolute Gasteiger partial charge is 0.310 e. The van der Waals surface area contributed by atoms with Crippen molar-refractivity contribution in [1.82, 2.24) is 5.32 Å². The lowest BCUT2D eigenvalue weighted by molar-refractivity contribution is -0.146. The molecule has 0 bridgehead atoms. The van der Waals surface area contributed by atoms with Gasteiger partial charge in [-0.25, -0.2) is 0 Å². The summed E-state index contributed by atoms with van der Waals surface area (Å²) in [7, 11) is 1.40. The van der Waals surface area contributed by atoms with Gasteiger partial charge in [-0.05, 0) is 23.3 Å². The molecule has 132 valence electrons. The van der Waals surface area contributed by atoms with Crippen LogP contribution in [-0.4, -0.2) is 19.0 Å². The predicted octanol–water partition coefficient (Wildman–Crippen LogP) is 3.29. The number of rotatable bonds is 7. The van der Waals surface area contributed by atoms with Crippen molar-refractivity contribution in [2.45, 2.75) is 26.4 Å². The van der Waals surface area contributed by atoms with Crippen LogP contribution in [-0.2, 0) is 20.9 Å². The van der Waals surface area contributed by atoms with Gasteiger partial charge in [0.05, 0.1) is 13.0 Å². The largest absolute Gasteiger partial charge is 0.469 e. The van der Waals surface area contributed by atoms with Crippen LogP contribution >= 0.6 is 0 Å². The summed E-state index contributed by atoms with van der Waals surface area (Å²) in [6.45, 7) is 3.90. The second-order valence-corrected chi connectivity index (χ2v) is 5.96. The molecule has 0 heterocycles. The Balaban J connectivity index is 2.15. The van der Waals surface area contributed by atoms with Gasteiger partial charge in [0.25, 0.3) is 0 Å². The van der Waals surface area contributed by atoms with E-state index in [0.717, 1.165) is 16.8 Å². The Labute approximate surface area is 148 Å². The molecular formula is C20H24N2O3. The molecule has 0 spiro atoms. The zero-order chi connectivity index (χ0) is 18.2. The van der Waals surface area contributed by atoms with Gasteiger partial charge in [-0.1, -0.05) is 49.4 Å². The van der Waals surface area contributed by atoms with Crippen LogP contribution in [0, 0.1) is 5.92 Å². The molecule has 5 nitrogen and oxygen atoms in total. The summed E-state index contributed by atoms with van der Waals surface area (Å²) >= 11 is 0. The second kappa shape index (κ2) is 8.99. The van der Waals surface area contributed by atoms with E-state index in [0.29, 0.717) is 6.54 Å². The van der Waals surface area contributed by atoms with Crippen LogP contribution in [0.4, 0.5) is 5.69 Å². The van der Waals surface area contributed by atoms with Gasteiger partial charge in [0.15, 0.2) is 0 Å². The minimum absolute atomic E-state index is 0.105. The van der Waals surface area contributed by atoms with Gasteiger partial charge in [-0.2, -0.15) is 0 Å². The number of methoxy groups -OCH3 is 1. The lowest BCUT2D eigenvalue weighted by Crippen LogP contribution is -2.31. The van der Waals surface area contributed by atoms with Crippen LogP contribution in [0.25, 0.3) is 0 Å². The minimum Gasteiger partial charge on any atom is -0.469 e. The molecule has 2 unspecified atom stereocenters. The molecule has 2 N–H and O–H groups in total. The van der Waals surface area contributed by atoms with E-state index in [1.165, 1.54) is 14.0 Å². The van der Waals surface area contributed by atoms with Crippen LogP contribution in [0.1, 0.15) is 31.0 Å². The number of carbonyl (C=O) groups is 2. The van der Waals surface area contributed by atoms with Gasteiger partial charge >= 0.3 is 5.97 Å². The van der Waals surface area contributed by atoms with Gasteiger partial charge in [0.2, 0.25) is 5.91 Å². The van der Waals surface area contributed by atoms with E-state index in [-0.39, 0.29) is 23.8 Å². The summed E-state index contributed by atoms with van der Waals surface area (Å²) in [6.07, 6.45) is 0. The third kappa shape index (κ3) is 5.43. The van der Waals surface area contributed by atoms with E-state index in [1.54, 1.807) is 0 Å². The van der Waals surface area contributed by atoms with E-state index >= 15 is 0 Å². The molecule has 0 aliphatic heterocycles. The van der Waals surface area contributed by atoms with Crippen LogP contribution in [0.15, 0.2) is 54.6 Å². The molecule has 0 aliphatic carbocycles. The molecule has 0 saturated heterocycles. The molecule has 2 rings (SSSR count). The summed E-state index contributed by atoms with van der Waals surface area (Å²) in [5.41, 5.74) is 2.80. The molecule has 2 aromatic rings. The number of nitrogens with one attached hydrogen (secondary N) is 2. The van der Waals surface area contributed by atoms with E-state index in [9.17, 15) is 9.59 Å². The molecule has 0 radical (unpaired) electrons. The predicted molar refractivity (Wildman–Crippen MR) is 97.9 cm³/mol. The Morgan fingerprint density at radius 3 is 2.44 bits per heavy atom. The first-order valence-electron chi connectivity index (χ1n) is 8.24. The number of ether oxygens (including phenoxy) is 1. The highest BCUT2D eigenvalue weighted by Gasteiger charge is 2.25. The van der Waals surface area contributed by atoms with Gasteiger partial charge in [0, 0.05) is 25.2 Å². The van der Waals surface area contributed by atoms with Gasteiger partial charge in [-0.3, -0.25) is 9.59 Å². The Bertz CT molecular complexity index is 716. The summed E-state index contributed by atoms with van der Waals surface area (Å²) in [6, 6.07) is 17.3. The van der Waals surface area contributed by atoms with E-state index < -0.39 is 0 Å². The summed E-state index contributed by atoms with van der Waals surface area (Å²) in [5.74, 6) is -0.689. The molecule has 2 aromatic carbocycles. The number of amides is 1. The zero-order valence-electron chi connectivity index (χ0n) is 14.8. The van der Waals surface area contributed by atoms with Crippen molar-refractivity contribution in [1.29, 1.82) is 0 Å². The van der Waals surface area contributed by atoms with E-state index in [4.69, 9.17) is 4.74 Å². The van der Waals surface area contributed by atoms with E-state index in [1.807, 2.05) is 61.5 Å². The van der Waals surface area contributed by atoms with Crippen molar-refractivity contribution >= 4 is 17.6 Å². The molecule has 0 aromatic heterocycles. The van der Waals surface area contributed by atoms with Crippen molar-refractivity contribution in [3.8, 4) is 0 Å². The SMILES string of the molecule is COC(=O)C(C)C(NCc1cccc(NC(C)=O)c1)c1ccccc1. The Kier molecular flexibility index (Phi) is 6.71. The Morgan fingerprint density at radius 1 is 1.08 bits per heavy atom. The number of hydrogen-bond acceptors (Lipinski definition) is 4. The van der Waals surface area contributed by atoms with Crippen LogP contribution in [0.2, 0.25) is 0 Å². The molecular weight excluding hydrogens is 316 g/mol. The van der Waals surface area contributed by atoms with Crippen molar-refractivity contribution in [3.63, 3.8) is 0 Å². The fourth-order valence-corrected chi connectivity index (χ4v) is 2.76. The van der Waals surface area contributed by atoms with Gasteiger partial charge in [0.1, 0.15) is 0 Å². The fraction of sp³-hybridized carbons (Fsp3) is 0.300. The number of carbonyl (C=O) groups excluding carboxylic acids is 2. The fourth-order valence-electron chi connectivity index (χ4n) is 2.76. The van der Waals surface area contributed by atoms with Gasteiger partial charge in [-0.15, -0.1) is 0 Å². The lowest BCUT2D eigenvalue weighted by atomic mass is 9.94. The van der Waals surface area contributed by atoms with Crippen molar-refractivity contribution in [2.24, 2.45) is 5.92 Å². The summed E-state index contributed by atoms with van der Waals surface area (Å²) in [5, 5.41) is 6.21. The summed E-state index contributed by atoms with van der Waals surface area (Å²) in [4.78, 5) is 23.2. The first kappa shape index (κ1) is 18.7. The first-order chi connectivity index (χ1) is 12.0. The number of anilines is 1. The third-order valence-electron chi connectivity index (χ3n) is 4.01. The highest BCUT2D eigenvalue weighted by Crippen LogP contribution is 2.24. The highest BCUT2D eigenvalue weighted by molar-refractivity contribution is 5.88. The maximum absolute atomic E-state index is 12.0. The molecule has 2 atom stereocenters. The standard InChI is InChI=1S/C20H24N2O3/c1-14(20(24)25-3)19(17-9-5-4-6-10-17)21-13-16-8-7-11-18(12-16)22-15(2)23/h4-12,14,19,21H,13H2,1-3H3,(H,22,23). The average Bonchev–Trinajstić information content (AvgIpc) is 2.61. The van der Waals surface area contributed by atoms with Crippen molar-refractivity contribution in [2.75, 3.05) is 12.4 Å². The topological polar surface area (TPSA) is 67.4 Å². The maximum Gasteiger partial charge on any atom is 0.310 e. The quantitative estimate of drug-likeness (QED) is 0.759. The summed E-state index contributed by atoms with van der Waals surface area (Å²) < 4.78 is 4.90. The Morgan fingerprint density at radius 2 is 1.80 bits per heavy atom. The molecule has 0 saturated carbocycles. The number of hydrogen-bond donors (Lipinski definition) is 2. The molecule has 5 heteroatoms. The van der Waals surface area contributed by atoms with Crippen molar-refractivity contribution < 1.29 is 14.3 Å². The first-order valence-corrected chi connectivity index (χ1v) is 8.24. The van der Waals surface area contributed by atoms with Crippen LogP contribution in [0.3, 0.4) is 0 Å². The normalized spacial score (nSPS) is 12.9. The molecule has 1 amide bonds. The molecule has 25 heavy (non-hydrogen) atoms. The molecule has 0 fully saturated rings. The highest BCUT2D eigenvalue weighted by atomic mass is 16.5. The monoisotopic (exact) mass is 340 g/mol. The lowest BCUT2D eigenvalue weighted by Gasteiger charge is -2.24. The van der Waals surface area contributed by atoms with Crippen LogP contribution < -0.4 is 10.6 Å². The minimum atomic E-state index is -0.328. The third-order valence-corrected chi connectivity index (χ3v) is 4.01. The van der Waals surface area contributed by atoms with Crippen LogP contribution in [0.5, 0.6) is 0 Å².